The highest BCUT2D eigenvalue weighted by molar-refractivity contribution is 5.38. The van der Waals surface area contributed by atoms with E-state index in [0.717, 1.165) is 0 Å². The third-order valence-electron chi connectivity index (χ3n) is 3.05. The Morgan fingerprint density at radius 1 is 1.05 bits per heavy atom. The molecular weight excluding hydrogens is 271 g/mol. The van der Waals surface area contributed by atoms with E-state index in [-0.39, 0.29) is 11.7 Å². The lowest BCUT2D eigenvalue weighted by Crippen LogP contribution is -2.07. The molecule has 0 saturated carbocycles. The van der Waals surface area contributed by atoms with E-state index in [9.17, 15) is 9.50 Å². The number of rotatable bonds is 5. The van der Waals surface area contributed by atoms with Gasteiger partial charge in [0.05, 0.1) is 13.2 Å². The van der Waals surface area contributed by atoms with Gasteiger partial charge in [0.15, 0.2) is 0 Å². The lowest BCUT2D eigenvalue weighted by atomic mass is 10.0. The molecule has 0 aromatic heterocycles. The molecule has 3 nitrogen and oxygen atoms in total. The summed E-state index contributed by atoms with van der Waals surface area (Å²) in [6.45, 7) is 3.85. The van der Waals surface area contributed by atoms with Crippen LogP contribution in [0.2, 0.25) is 0 Å². The standard InChI is InChI=1S/C17H19FO3/c1-11(2)21-14-6-4-5-12(9-14)17(19)15-8-7-13(20-3)10-16(15)18/h4-11,17,19H,1-3H3. The van der Waals surface area contributed by atoms with Gasteiger partial charge < -0.3 is 14.6 Å². The minimum Gasteiger partial charge on any atom is -0.497 e. The molecule has 0 amide bonds. The quantitative estimate of drug-likeness (QED) is 0.912. The monoisotopic (exact) mass is 290 g/mol. The highest BCUT2D eigenvalue weighted by Crippen LogP contribution is 2.29. The van der Waals surface area contributed by atoms with Crippen molar-refractivity contribution in [2.24, 2.45) is 0 Å². The molecule has 21 heavy (non-hydrogen) atoms. The smallest absolute Gasteiger partial charge is 0.133 e. The number of hydrogen-bond donors (Lipinski definition) is 1. The van der Waals surface area contributed by atoms with Crippen LogP contribution in [-0.2, 0) is 0 Å². The predicted molar refractivity (Wildman–Crippen MR) is 79.2 cm³/mol. The van der Waals surface area contributed by atoms with Gasteiger partial charge in [-0.3, -0.25) is 0 Å². The van der Waals surface area contributed by atoms with Crippen molar-refractivity contribution in [3.8, 4) is 11.5 Å². The summed E-state index contributed by atoms with van der Waals surface area (Å²) in [6, 6.07) is 11.4. The maximum atomic E-state index is 14.0. The van der Waals surface area contributed by atoms with Crippen LogP contribution < -0.4 is 9.47 Å². The van der Waals surface area contributed by atoms with Gasteiger partial charge in [-0.25, -0.2) is 4.39 Å². The van der Waals surface area contributed by atoms with Crippen LogP contribution in [0.5, 0.6) is 11.5 Å². The molecule has 2 aromatic carbocycles. The molecule has 1 unspecified atom stereocenters. The van der Waals surface area contributed by atoms with E-state index in [4.69, 9.17) is 9.47 Å². The maximum absolute atomic E-state index is 14.0. The van der Waals surface area contributed by atoms with E-state index >= 15 is 0 Å². The molecule has 0 bridgehead atoms. The molecule has 1 atom stereocenters. The van der Waals surface area contributed by atoms with Crippen LogP contribution in [0.25, 0.3) is 0 Å². The first-order valence-corrected chi connectivity index (χ1v) is 6.79. The molecule has 0 aliphatic carbocycles. The molecule has 0 spiro atoms. The molecule has 0 saturated heterocycles. The number of aliphatic hydroxyl groups is 1. The molecule has 2 rings (SSSR count). The SMILES string of the molecule is COc1ccc(C(O)c2cccc(OC(C)C)c2)c(F)c1. The number of halogens is 1. The molecule has 2 aromatic rings. The van der Waals surface area contributed by atoms with Crippen molar-refractivity contribution in [3.63, 3.8) is 0 Å². The summed E-state index contributed by atoms with van der Waals surface area (Å²) in [5.74, 6) is 0.563. The van der Waals surface area contributed by atoms with E-state index in [2.05, 4.69) is 0 Å². The second-order valence-electron chi connectivity index (χ2n) is 5.03. The maximum Gasteiger partial charge on any atom is 0.133 e. The molecule has 1 N–H and O–H groups in total. The van der Waals surface area contributed by atoms with Crippen molar-refractivity contribution in [1.82, 2.24) is 0 Å². The van der Waals surface area contributed by atoms with Gasteiger partial charge in [0, 0.05) is 11.6 Å². The summed E-state index contributed by atoms with van der Waals surface area (Å²) in [6.07, 6.45) is -1.01. The number of hydrogen-bond acceptors (Lipinski definition) is 3. The molecule has 112 valence electrons. The summed E-state index contributed by atoms with van der Waals surface area (Å²) < 4.78 is 24.6. The molecule has 0 radical (unpaired) electrons. The van der Waals surface area contributed by atoms with Crippen molar-refractivity contribution >= 4 is 0 Å². The van der Waals surface area contributed by atoms with Crippen molar-refractivity contribution in [3.05, 3.63) is 59.4 Å². The van der Waals surface area contributed by atoms with Gasteiger partial charge in [-0.1, -0.05) is 12.1 Å². The van der Waals surface area contributed by atoms with Crippen LogP contribution in [0.15, 0.2) is 42.5 Å². The Hall–Kier alpha value is -2.07. The van der Waals surface area contributed by atoms with Gasteiger partial charge in [-0.15, -0.1) is 0 Å². The Bertz CT molecular complexity index is 611. The highest BCUT2D eigenvalue weighted by Gasteiger charge is 2.16. The first-order valence-electron chi connectivity index (χ1n) is 6.79. The summed E-state index contributed by atoms with van der Waals surface area (Å²) in [5, 5.41) is 10.4. The first-order chi connectivity index (χ1) is 10.0. The number of methoxy groups -OCH3 is 1. The summed E-state index contributed by atoms with van der Waals surface area (Å²) >= 11 is 0. The average Bonchev–Trinajstić information content (AvgIpc) is 2.46. The molecule has 0 fully saturated rings. The van der Waals surface area contributed by atoms with Gasteiger partial charge in [-0.05, 0) is 43.7 Å². The fraction of sp³-hybridized carbons (Fsp3) is 0.294. The van der Waals surface area contributed by atoms with Gasteiger partial charge in [0.2, 0.25) is 0 Å². The number of aliphatic hydroxyl groups excluding tert-OH is 1. The Balaban J connectivity index is 2.29. The summed E-state index contributed by atoms with van der Waals surface area (Å²) in [5.41, 5.74) is 0.787. The minimum atomic E-state index is -1.05. The highest BCUT2D eigenvalue weighted by atomic mass is 19.1. The van der Waals surface area contributed by atoms with E-state index in [0.29, 0.717) is 17.1 Å². The van der Waals surface area contributed by atoms with Crippen molar-refractivity contribution in [2.45, 2.75) is 26.1 Å². The van der Waals surface area contributed by atoms with Crippen LogP contribution in [0.1, 0.15) is 31.1 Å². The van der Waals surface area contributed by atoms with Crippen molar-refractivity contribution < 1.29 is 19.0 Å². The normalized spacial score (nSPS) is 12.3. The average molecular weight is 290 g/mol. The van der Waals surface area contributed by atoms with Crippen LogP contribution in [0.3, 0.4) is 0 Å². The Morgan fingerprint density at radius 2 is 1.81 bits per heavy atom. The van der Waals surface area contributed by atoms with Crippen LogP contribution in [0, 0.1) is 5.82 Å². The van der Waals surface area contributed by atoms with E-state index < -0.39 is 11.9 Å². The lowest BCUT2D eigenvalue weighted by Gasteiger charge is -2.15. The lowest BCUT2D eigenvalue weighted by molar-refractivity contribution is 0.211. The topological polar surface area (TPSA) is 38.7 Å². The first kappa shape index (κ1) is 15.3. The van der Waals surface area contributed by atoms with E-state index in [1.54, 1.807) is 30.3 Å². The fourth-order valence-electron chi connectivity index (χ4n) is 2.07. The van der Waals surface area contributed by atoms with E-state index in [1.807, 2.05) is 13.8 Å². The van der Waals surface area contributed by atoms with Gasteiger partial charge >= 0.3 is 0 Å². The molecular formula is C17H19FO3. The minimum absolute atomic E-state index is 0.0371. The van der Waals surface area contributed by atoms with Gasteiger partial charge in [-0.2, -0.15) is 0 Å². The van der Waals surface area contributed by atoms with Crippen molar-refractivity contribution in [2.75, 3.05) is 7.11 Å². The zero-order valence-corrected chi connectivity index (χ0v) is 12.3. The van der Waals surface area contributed by atoms with Crippen LogP contribution in [-0.4, -0.2) is 18.3 Å². The third-order valence-corrected chi connectivity index (χ3v) is 3.05. The largest absolute Gasteiger partial charge is 0.497 e. The van der Waals surface area contributed by atoms with E-state index in [1.165, 1.54) is 19.2 Å². The Kier molecular flexibility index (Phi) is 4.81. The Labute approximate surface area is 124 Å². The molecule has 4 heteroatoms. The third kappa shape index (κ3) is 3.73. The van der Waals surface area contributed by atoms with Gasteiger partial charge in [0.25, 0.3) is 0 Å². The predicted octanol–water partition coefficient (Wildman–Crippen LogP) is 3.70. The number of ether oxygens (including phenoxy) is 2. The molecule has 0 aliphatic heterocycles. The van der Waals surface area contributed by atoms with Gasteiger partial charge in [0.1, 0.15) is 23.4 Å². The molecule has 0 aliphatic rings. The number of benzene rings is 2. The second-order valence-corrected chi connectivity index (χ2v) is 5.03. The second kappa shape index (κ2) is 6.59. The summed E-state index contributed by atoms with van der Waals surface area (Å²) in [4.78, 5) is 0. The zero-order chi connectivity index (χ0) is 15.4. The van der Waals surface area contributed by atoms with Crippen LogP contribution in [0.4, 0.5) is 4.39 Å². The summed E-state index contributed by atoms with van der Waals surface area (Å²) in [7, 11) is 1.47. The molecule has 0 heterocycles. The van der Waals surface area contributed by atoms with Crippen molar-refractivity contribution in [1.29, 1.82) is 0 Å². The van der Waals surface area contributed by atoms with Crippen LogP contribution >= 0.6 is 0 Å². The Morgan fingerprint density at radius 3 is 2.43 bits per heavy atom. The fourth-order valence-corrected chi connectivity index (χ4v) is 2.07. The zero-order valence-electron chi connectivity index (χ0n) is 12.3.